The topological polar surface area (TPSA) is 63.7 Å². The zero-order valence-corrected chi connectivity index (χ0v) is 15.4. The Bertz CT molecular complexity index is 937. The second-order valence-corrected chi connectivity index (χ2v) is 9.29. The van der Waals surface area contributed by atoms with Crippen LogP contribution in [0.25, 0.3) is 0 Å². The van der Waals surface area contributed by atoms with Crippen LogP contribution in [0.5, 0.6) is 0 Å². The number of aryl methyl sites for hydroxylation is 1. The highest BCUT2D eigenvalue weighted by atomic mass is 32.2. The van der Waals surface area contributed by atoms with Crippen LogP contribution in [0.2, 0.25) is 0 Å². The Hall–Kier alpha value is -2.18. The number of rotatable bonds is 4. The molecule has 2 heterocycles. The minimum absolute atomic E-state index is 0.106. The molecule has 2 aromatic carbocycles. The third kappa shape index (κ3) is 3.27. The van der Waals surface area contributed by atoms with Gasteiger partial charge in [0.25, 0.3) is 0 Å². The van der Waals surface area contributed by atoms with E-state index in [9.17, 15) is 13.2 Å². The number of fused-ring (bicyclic) bond motifs is 1. The van der Waals surface area contributed by atoms with E-state index in [0.717, 1.165) is 11.1 Å². The van der Waals surface area contributed by atoms with Crippen molar-refractivity contribution in [2.45, 2.75) is 32.2 Å². The third-order valence-corrected chi connectivity index (χ3v) is 6.88. The summed E-state index contributed by atoms with van der Waals surface area (Å²) in [6.07, 6.45) is 0.0167. The monoisotopic (exact) mass is 371 g/mol. The Morgan fingerprint density at radius 2 is 1.85 bits per heavy atom. The molecule has 4 rings (SSSR count). The van der Waals surface area contributed by atoms with Crippen LogP contribution in [0.15, 0.2) is 48.5 Å². The van der Waals surface area contributed by atoms with Gasteiger partial charge < -0.3 is 4.74 Å². The van der Waals surface area contributed by atoms with Crippen LogP contribution in [0.4, 0.5) is 0 Å². The molecule has 0 radical (unpaired) electrons. The minimum Gasteiger partial charge on any atom is -0.438 e. The summed E-state index contributed by atoms with van der Waals surface area (Å²) in [7, 11) is -3.04. The largest absolute Gasteiger partial charge is 0.438 e. The summed E-state index contributed by atoms with van der Waals surface area (Å²) in [4.78, 5) is 14.3. The van der Waals surface area contributed by atoms with Gasteiger partial charge in [-0.25, -0.2) is 13.2 Å². The van der Waals surface area contributed by atoms with Gasteiger partial charge in [-0.05, 0) is 25.0 Å². The molecule has 6 heteroatoms. The van der Waals surface area contributed by atoms with E-state index in [2.05, 4.69) is 0 Å². The molecular weight excluding hydrogens is 350 g/mol. The molecule has 2 aliphatic rings. The van der Waals surface area contributed by atoms with Crippen molar-refractivity contribution in [3.63, 3.8) is 0 Å². The Labute approximate surface area is 153 Å². The number of carbonyl (C=O) groups is 1. The van der Waals surface area contributed by atoms with Gasteiger partial charge in [-0.1, -0.05) is 48.0 Å². The van der Waals surface area contributed by atoms with Gasteiger partial charge in [0.1, 0.15) is 0 Å². The number of nitrogens with zero attached hydrogens (tertiary/aromatic N) is 1. The first-order valence-electron chi connectivity index (χ1n) is 8.74. The number of esters is 1. The van der Waals surface area contributed by atoms with E-state index in [1.165, 1.54) is 5.56 Å². The van der Waals surface area contributed by atoms with Crippen LogP contribution in [-0.4, -0.2) is 36.8 Å². The second kappa shape index (κ2) is 6.52. The minimum atomic E-state index is -3.04. The van der Waals surface area contributed by atoms with E-state index in [1.807, 2.05) is 54.3 Å². The van der Waals surface area contributed by atoms with Gasteiger partial charge >= 0.3 is 5.97 Å². The molecule has 0 spiro atoms. The lowest BCUT2D eigenvalue weighted by Gasteiger charge is -2.33. The van der Waals surface area contributed by atoms with Crippen LogP contribution >= 0.6 is 0 Å². The predicted octanol–water partition coefficient (Wildman–Crippen LogP) is 2.85. The fourth-order valence-electron chi connectivity index (χ4n) is 3.72. The summed E-state index contributed by atoms with van der Waals surface area (Å²) in [5, 5.41) is 0. The Morgan fingerprint density at radius 1 is 1.12 bits per heavy atom. The van der Waals surface area contributed by atoms with E-state index in [0.29, 0.717) is 18.5 Å². The average molecular weight is 371 g/mol. The van der Waals surface area contributed by atoms with Crippen LogP contribution in [0.1, 0.15) is 39.7 Å². The van der Waals surface area contributed by atoms with Crippen LogP contribution in [0, 0.1) is 6.92 Å². The van der Waals surface area contributed by atoms with Crippen LogP contribution in [-0.2, 0) is 21.1 Å². The predicted molar refractivity (Wildman–Crippen MR) is 98.4 cm³/mol. The van der Waals surface area contributed by atoms with Gasteiger partial charge in [-0.15, -0.1) is 0 Å². The molecule has 0 aliphatic carbocycles. The molecule has 26 heavy (non-hydrogen) atoms. The molecule has 1 saturated heterocycles. The molecule has 2 aliphatic heterocycles. The highest BCUT2D eigenvalue weighted by Crippen LogP contribution is 2.37. The molecule has 1 fully saturated rings. The van der Waals surface area contributed by atoms with Crippen molar-refractivity contribution in [3.05, 3.63) is 70.8 Å². The lowest BCUT2D eigenvalue weighted by Crippen LogP contribution is -2.39. The lowest BCUT2D eigenvalue weighted by atomic mass is 10.0. The summed E-state index contributed by atoms with van der Waals surface area (Å²) in [5.74, 6) is -0.0558. The first-order chi connectivity index (χ1) is 12.4. The molecule has 2 unspecified atom stereocenters. The third-order valence-electron chi connectivity index (χ3n) is 5.13. The summed E-state index contributed by atoms with van der Waals surface area (Å²) < 4.78 is 29.7. The van der Waals surface area contributed by atoms with Crippen LogP contribution < -0.4 is 0 Å². The van der Waals surface area contributed by atoms with E-state index in [1.54, 1.807) is 6.07 Å². The maximum atomic E-state index is 12.3. The highest BCUT2D eigenvalue weighted by molar-refractivity contribution is 7.91. The van der Waals surface area contributed by atoms with Crippen molar-refractivity contribution >= 4 is 15.8 Å². The lowest BCUT2D eigenvalue weighted by molar-refractivity contribution is -0.0424. The Morgan fingerprint density at radius 3 is 2.54 bits per heavy atom. The van der Waals surface area contributed by atoms with Gasteiger partial charge in [0.15, 0.2) is 16.1 Å². The summed E-state index contributed by atoms with van der Waals surface area (Å²) >= 11 is 0. The molecule has 5 nitrogen and oxygen atoms in total. The van der Waals surface area contributed by atoms with Crippen molar-refractivity contribution in [2.75, 3.05) is 11.5 Å². The number of carbonyl (C=O) groups excluding carboxylic acids is 1. The molecule has 0 N–H and O–H groups in total. The van der Waals surface area contributed by atoms with E-state index >= 15 is 0 Å². The summed E-state index contributed by atoms with van der Waals surface area (Å²) in [5.41, 5.74) is 3.61. The van der Waals surface area contributed by atoms with Gasteiger partial charge in [0.05, 0.1) is 17.1 Å². The molecule has 2 atom stereocenters. The smallest absolute Gasteiger partial charge is 0.340 e. The Kier molecular flexibility index (Phi) is 4.32. The number of benzene rings is 2. The van der Waals surface area contributed by atoms with Crippen molar-refractivity contribution in [1.29, 1.82) is 0 Å². The fourth-order valence-corrected chi connectivity index (χ4v) is 5.46. The standard InChI is InChI=1S/C20H21NO4S/c1-14-6-8-15(9-7-14)12-21(16-10-11-26(23,24)13-16)19-17-4-2-3-5-18(17)20(22)25-19/h2-9,16,19H,10-13H2,1H3. The van der Waals surface area contributed by atoms with E-state index in [4.69, 9.17) is 4.74 Å². The second-order valence-electron chi connectivity index (χ2n) is 7.06. The number of sulfone groups is 1. The summed E-state index contributed by atoms with van der Waals surface area (Å²) in [6, 6.07) is 15.3. The van der Waals surface area contributed by atoms with Crippen molar-refractivity contribution < 1.29 is 17.9 Å². The van der Waals surface area contributed by atoms with Gasteiger partial charge in [0.2, 0.25) is 0 Å². The van der Waals surface area contributed by atoms with E-state index in [-0.39, 0.29) is 23.5 Å². The number of cyclic esters (lactones) is 1. The Balaban J connectivity index is 1.69. The first-order valence-corrected chi connectivity index (χ1v) is 10.6. The molecule has 0 aromatic heterocycles. The van der Waals surface area contributed by atoms with Crippen LogP contribution in [0.3, 0.4) is 0 Å². The van der Waals surface area contributed by atoms with Crippen molar-refractivity contribution in [2.24, 2.45) is 0 Å². The van der Waals surface area contributed by atoms with Crippen molar-refractivity contribution in [1.82, 2.24) is 4.90 Å². The molecule has 0 bridgehead atoms. The highest BCUT2D eigenvalue weighted by Gasteiger charge is 2.41. The van der Waals surface area contributed by atoms with Gasteiger partial charge in [-0.3, -0.25) is 4.90 Å². The number of ether oxygens (including phenoxy) is 1. The van der Waals surface area contributed by atoms with E-state index < -0.39 is 16.1 Å². The molecule has 2 aromatic rings. The quantitative estimate of drug-likeness (QED) is 0.774. The molecule has 0 amide bonds. The van der Waals surface area contributed by atoms with Gasteiger partial charge in [0, 0.05) is 18.2 Å². The summed E-state index contributed by atoms with van der Waals surface area (Å²) in [6.45, 7) is 2.56. The number of hydrogen-bond donors (Lipinski definition) is 0. The maximum Gasteiger partial charge on any atom is 0.340 e. The molecule has 136 valence electrons. The molecular formula is C20H21NO4S. The normalized spacial score (nSPS) is 23.8. The SMILES string of the molecule is Cc1ccc(CN(C2CCS(=O)(=O)C2)C2OC(=O)c3ccccc32)cc1. The van der Waals surface area contributed by atoms with Crippen molar-refractivity contribution in [3.8, 4) is 0 Å². The first kappa shape index (κ1) is 17.2. The average Bonchev–Trinajstić information content (AvgIpc) is 3.15. The zero-order valence-electron chi connectivity index (χ0n) is 14.6. The maximum absolute atomic E-state index is 12.3. The molecule has 0 saturated carbocycles. The van der Waals surface area contributed by atoms with Gasteiger partial charge in [-0.2, -0.15) is 0 Å². The fraction of sp³-hybridized carbons (Fsp3) is 0.350. The number of hydrogen-bond acceptors (Lipinski definition) is 5. The zero-order chi connectivity index (χ0) is 18.3.